The number of carbonyl (C=O) groups excluding carboxylic acids is 1. The van der Waals surface area contributed by atoms with Crippen molar-refractivity contribution in [2.45, 2.75) is 32.4 Å². The summed E-state index contributed by atoms with van der Waals surface area (Å²) in [6, 6.07) is 11.0. The number of hydrogen-bond acceptors (Lipinski definition) is 6. The Hall–Kier alpha value is -3.17. The van der Waals surface area contributed by atoms with Crippen molar-refractivity contribution >= 4 is 29.0 Å². The predicted octanol–water partition coefficient (Wildman–Crippen LogP) is 3.05. The second-order valence-corrected chi connectivity index (χ2v) is 8.79. The fraction of sp³-hybridized carbons (Fsp3) is 0.375. The monoisotopic (exact) mass is 466 g/mol. The minimum absolute atomic E-state index is 0.149. The lowest BCUT2D eigenvalue weighted by atomic mass is 10.1. The molecule has 0 bridgehead atoms. The highest BCUT2D eigenvalue weighted by atomic mass is 32.1. The topological polar surface area (TPSA) is 88.6 Å². The molecule has 2 N–H and O–H groups in total. The third-order valence-electron chi connectivity index (χ3n) is 6.43. The van der Waals surface area contributed by atoms with Crippen LogP contribution in [-0.4, -0.2) is 52.8 Å². The van der Waals surface area contributed by atoms with Gasteiger partial charge < -0.3 is 19.8 Å². The molecule has 0 spiro atoms. The smallest absolute Gasteiger partial charge is 0.262 e. The summed E-state index contributed by atoms with van der Waals surface area (Å²) >= 11 is 5.47. The molecular weight excluding hydrogens is 440 g/mol. The van der Waals surface area contributed by atoms with Crippen LogP contribution in [0.15, 0.2) is 41.2 Å². The standard InChI is InChI=1S/C24H26N4O4S/c1-2-27-9-3-4-17(27)12-25-22(29)16-6-7-18-19(11-16)26-24(33)28(23(18)30)13-15-5-8-20-21(10-15)32-14-31-20/h5-8,10-11,17H,2-4,9,12-14H2,1H3,(H,25,29)(H,26,33). The van der Waals surface area contributed by atoms with Crippen LogP contribution in [0.2, 0.25) is 0 Å². The van der Waals surface area contributed by atoms with Crippen molar-refractivity contribution in [2.75, 3.05) is 26.4 Å². The molecule has 3 heterocycles. The van der Waals surface area contributed by atoms with Gasteiger partial charge in [0, 0.05) is 18.2 Å². The predicted molar refractivity (Wildman–Crippen MR) is 128 cm³/mol. The zero-order valence-electron chi connectivity index (χ0n) is 18.4. The third kappa shape index (κ3) is 4.26. The number of likely N-dealkylation sites (N-methyl/N-ethyl adjacent to an activating group) is 1. The van der Waals surface area contributed by atoms with Gasteiger partial charge in [-0.3, -0.25) is 19.1 Å². The van der Waals surface area contributed by atoms with Crippen molar-refractivity contribution in [3.05, 3.63) is 62.6 Å². The number of fused-ring (bicyclic) bond motifs is 2. The number of rotatable bonds is 6. The normalized spacial score (nSPS) is 17.5. The van der Waals surface area contributed by atoms with E-state index in [1.807, 2.05) is 18.2 Å². The quantitative estimate of drug-likeness (QED) is 0.543. The number of ether oxygens (including phenoxy) is 2. The number of aromatic amines is 1. The number of H-pyrrole nitrogens is 1. The van der Waals surface area contributed by atoms with Gasteiger partial charge in [0.2, 0.25) is 6.79 Å². The number of carbonyl (C=O) groups is 1. The Morgan fingerprint density at radius 2 is 2.06 bits per heavy atom. The lowest BCUT2D eigenvalue weighted by molar-refractivity contribution is 0.0941. The molecule has 2 aliphatic heterocycles. The van der Waals surface area contributed by atoms with Crippen LogP contribution in [0.5, 0.6) is 11.5 Å². The minimum atomic E-state index is -0.206. The molecule has 1 saturated heterocycles. The highest BCUT2D eigenvalue weighted by molar-refractivity contribution is 7.71. The number of benzene rings is 2. The first-order chi connectivity index (χ1) is 16.0. The van der Waals surface area contributed by atoms with Crippen molar-refractivity contribution < 1.29 is 14.3 Å². The van der Waals surface area contributed by atoms with Crippen LogP contribution in [-0.2, 0) is 6.54 Å². The molecule has 3 aromatic rings. The van der Waals surface area contributed by atoms with Crippen molar-refractivity contribution in [2.24, 2.45) is 0 Å². The highest BCUT2D eigenvalue weighted by Crippen LogP contribution is 2.32. The summed E-state index contributed by atoms with van der Waals surface area (Å²) in [5.41, 5.74) is 1.73. The first-order valence-electron chi connectivity index (χ1n) is 11.2. The second-order valence-electron chi connectivity index (χ2n) is 8.40. The van der Waals surface area contributed by atoms with E-state index in [-0.39, 0.29) is 18.3 Å². The zero-order valence-corrected chi connectivity index (χ0v) is 19.2. The molecule has 0 saturated carbocycles. The molecule has 0 aliphatic carbocycles. The van der Waals surface area contributed by atoms with Gasteiger partial charge in [0.05, 0.1) is 17.4 Å². The summed E-state index contributed by atoms with van der Waals surface area (Å²) in [5.74, 6) is 1.20. The van der Waals surface area contributed by atoms with Crippen molar-refractivity contribution in [3.8, 4) is 11.5 Å². The number of likely N-dealkylation sites (tertiary alicyclic amines) is 1. The van der Waals surface area contributed by atoms with E-state index in [4.69, 9.17) is 21.7 Å². The van der Waals surface area contributed by atoms with E-state index < -0.39 is 0 Å². The van der Waals surface area contributed by atoms with Crippen molar-refractivity contribution in [1.82, 2.24) is 19.8 Å². The van der Waals surface area contributed by atoms with Crippen LogP contribution in [0.25, 0.3) is 10.9 Å². The van der Waals surface area contributed by atoms with Gasteiger partial charge in [0.1, 0.15) is 0 Å². The molecule has 1 fully saturated rings. The molecule has 1 amide bonds. The van der Waals surface area contributed by atoms with Crippen LogP contribution < -0.4 is 20.3 Å². The Kier molecular flexibility index (Phi) is 5.90. The molecule has 0 radical (unpaired) electrons. The van der Waals surface area contributed by atoms with Crippen LogP contribution in [0.3, 0.4) is 0 Å². The number of aromatic nitrogens is 2. The number of amides is 1. The molecular formula is C24H26N4O4S. The lowest BCUT2D eigenvalue weighted by Gasteiger charge is -2.22. The van der Waals surface area contributed by atoms with Gasteiger partial charge in [-0.15, -0.1) is 0 Å². The zero-order chi connectivity index (χ0) is 22.9. The van der Waals surface area contributed by atoms with E-state index in [9.17, 15) is 9.59 Å². The van der Waals surface area contributed by atoms with Gasteiger partial charge in [0.25, 0.3) is 11.5 Å². The maximum atomic E-state index is 13.2. The van der Waals surface area contributed by atoms with Crippen LogP contribution in [0.4, 0.5) is 0 Å². The first-order valence-corrected chi connectivity index (χ1v) is 11.6. The average Bonchev–Trinajstić information content (AvgIpc) is 3.48. The van der Waals surface area contributed by atoms with Crippen molar-refractivity contribution in [1.29, 1.82) is 0 Å². The molecule has 5 rings (SSSR count). The molecule has 33 heavy (non-hydrogen) atoms. The molecule has 2 aromatic carbocycles. The summed E-state index contributed by atoms with van der Waals surface area (Å²) in [7, 11) is 0. The van der Waals surface area contributed by atoms with Gasteiger partial charge >= 0.3 is 0 Å². The summed E-state index contributed by atoms with van der Waals surface area (Å²) < 4.78 is 12.6. The van der Waals surface area contributed by atoms with Gasteiger partial charge in [-0.05, 0) is 74.0 Å². The lowest BCUT2D eigenvalue weighted by Crippen LogP contribution is -2.40. The SMILES string of the molecule is CCN1CCCC1CNC(=O)c1ccc2c(=O)n(Cc3ccc4c(c3)OCO4)c(=S)[nH]c2c1. The van der Waals surface area contributed by atoms with Gasteiger partial charge in [0.15, 0.2) is 16.3 Å². The largest absolute Gasteiger partial charge is 0.454 e. The minimum Gasteiger partial charge on any atom is -0.454 e. The van der Waals surface area contributed by atoms with E-state index in [1.165, 1.54) is 11.0 Å². The average molecular weight is 467 g/mol. The first kappa shape index (κ1) is 21.7. The fourth-order valence-corrected chi connectivity index (χ4v) is 4.87. The number of nitrogens with zero attached hydrogens (tertiary/aromatic N) is 2. The molecule has 1 aromatic heterocycles. The van der Waals surface area contributed by atoms with E-state index in [0.717, 1.165) is 25.1 Å². The molecule has 9 heteroatoms. The second kappa shape index (κ2) is 8.99. The fourth-order valence-electron chi connectivity index (χ4n) is 4.62. The Bertz CT molecular complexity index is 1330. The number of nitrogens with one attached hydrogen (secondary N) is 2. The molecule has 172 valence electrons. The van der Waals surface area contributed by atoms with E-state index in [2.05, 4.69) is 22.1 Å². The Morgan fingerprint density at radius 3 is 2.91 bits per heavy atom. The van der Waals surface area contributed by atoms with Gasteiger partial charge in [-0.25, -0.2) is 0 Å². The summed E-state index contributed by atoms with van der Waals surface area (Å²) in [6.07, 6.45) is 2.27. The maximum Gasteiger partial charge on any atom is 0.262 e. The van der Waals surface area contributed by atoms with E-state index >= 15 is 0 Å². The summed E-state index contributed by atoms with van der Waals surface area (Å²) in [4.78, 5) is 31.4. The highest BCUT2D eigenvalue weighted by Gasteiger charge is 2.23. The molecule has 1 atom stereocenters. The van der Waals surface area contributed by atoms with Crippen LogP contribution in [0, 0.1) is 4.77 Å². The third-order valence-corrected chi connectivity index (χ3v) is 6.75. The molecule has 1 unspecified atom stereocenters. The van der Waals surface area contributed by atoms with Crippen molar-refractivity contribution in [3.63, 3.8) is 0 Å². The molecule has 2 aliphatic rings. The van der Waals surface area contributed by atoms with E-state index in [1.54, 1.807) is 18.2 Å². The Labute approximate surface area is 196 Å². The molecule has 8 nitrogen and oxygen atoms in total. The number of hydrogen-bond donors (Lipinski definition) is 2. The van der Waals surface area contributed by atoms with Gasteiger partial charge in [-0.2, -0.15) is 0 Å². The summed E-state index contributed by atoms with van der Waals surface area (Å²) in [5, 5.41) is 3.52. The summed E-state index contributed by atoms with van der Waals surface area (Å²) in [6.45, 7) is 5.34. The Morgan fingerprint density at radius 1 is 1.21 bits per heavy atom. The Balaban J connectivity index is 1.36. The van der Waals surface area contributed by atoms with E-state index in [0.29, 0.717) is 51.9 Å². The van der Waals surface area contributed by atoms with Crippen LogP contribution >= 0.6 is 12.2 Å². The van der Waals surface area contributed by atoms with Crippen LogP contribution in [0.1, 0.15) is 35.7 Å². The maximum absolute atomic E-state index is 13.2. The van der Waals surface area contributed by atoms with Gasteiger partial charge in [-0.1, -0.05) is 13.0 Å².